The molecule has 0 spiro atoms. The summed E-state index contributed by atoms with van der Waals surface area (Å²) in [5.41, 5.74) is 1.90. The summed E-state index contributed by atoms with van der Waals surface area (Å²) in [6.45, 7) is 7.43. The number of anilines is 1. The molecule has 1 unspecified atom stereocenters. The minimum Gasteiger partial charge on any atom is -0.455 e. The van der Waals surface area contributed by atoms with Crippen LogP contribution in [0.25, 0.3) is 11.3 Å². The largest absolute Gasteiger partial charge is 0.455 e. The average molecular weight is 467 g/mol. The second-order valence-corrected chi connectivity index (χ2v) is 8.98. The Morgan fingerprint density at radius 2 is 2.15 bits per heavy atom. The predicted octanol–water partition coefficient (Wildman–Crippen LogP) is 3.67. The molecule has 1 aliphatic heterocycles. The fourth-order valence-electron chi connectivity index (χ4n) is 3.76. The van der Waals surface area contributed by atoms with Gasteiger partial charge >= 0.3 is 6.03 Å². The van der Waals surface area contributed by atoms with Gasteiger partial charge in [0.15, 0.2) is 0 Å². The lowest BCUT2D eigenvalue weighted by molar-refractivity contribution is -0.00117. The number of hydrogen-bond acceptors (Lipinski definition) is 7. The first-order valence-electron chi connectivity index (χ1n) is 11.2. The first-order valence-corrected chi connectivity index (χ1v) is 11.2. The number of nitrogens with one attached hydrogen (secondary N) is 1. The summed E-state index contributed by atoms with van der Waals surface area (Å²) in [7, 11) is 1.66. The number of amides is 2. The number of carbonyl (C=O) groups is 1. The van der Waals surface area contributed by atoms with Crippen LogP contribution < -0.4 is 10.1 Å². The van der Waals surface area contributed by atoms with Crippen molar-refractivity contribution in [1.29, 1.82) is 0 Å². The molecule has 4 heterocycles. The molecule has 0 bridgehead atoms. The van der Waals surface area contributed by atoms with E-state index < -0.39 is 6.23 Å². The number of rotatable bonds is 7. The Bertz CT molecular complexity index is 1160. The number of aliphatic hydroxyl groups excluding tert-OH is 1. The smallest absolute Gasteiger partial charge is 0.325 e. The van der Waals surface area contributed by atoms with Gasteiger partial charge in [-0.25, -0.2) is 9.78 Å². The van der Waals surface area contributed by atoms with Crippen LogP contribution in [-0.2, 0) is 11.3 Å². The molecule has 3 aromatic heterocycles. The molecular formula is C24H30N6O4. The molecule has 4 rings (SSSR count). The number of hydrogen-bond donors (Lipinski definition) is 2. The highest BCUT2D eigenvalue weighted by Gasteiger charge is 2.41. The molecule has 1 atom stereocenters. The number of pyridine rings is 2. The number of carbonyl (C=O) groups excluding carboxylic acids is 1. The molecule has 0 radical (unpaired) electrons. The molecule has 180 valence electrons. The summed E-state index contributed by atoms with van der Waals surface area (Å²) in [5, 5.41) is 17.5. The maximum Gasteiger partial charge on any atom is 0.325 e. The molecule has 2 N–H and O–H groups in total. The standard InChI is InChI=1S/C24H30N6O4/c1-16-20(5-6-21(27-16)28-23(32)30-10-8-24(2,3)22(30)31)34-18-7-9-25-19(13-18)17-14-26-29(15-17)11-12-33-4/h5-7,9,13-15,22,31H,8,10-12H2,1-4H3,(H,27,28,32). The quantitative estimate of drug-likeness (QED) is 0.546. The second kappa shape index (κ2) is 9.78. The van der Waals surface area contributed by atoms with Crippen LogP contribution in [0.5, 0.6) is 11.5 Å². The van der Waals surface area contributed by atoms with E-state index in [0.29, 0.717) is 42.7 Å². The van der Waals surface area contributed by atoms with Gasteiger partial charge in [-0.15, -0.1) is 0 Å². The molecule has 0 aromatic carbocycles. The Kier molecular flexibility index (Phi) is 6.80. The summed E-state index contributed by atoms with van der Waals surface area (Å²) in [5.74, 6) is 1.57. The van der Waals surface area contributed by atoms with Gasteiger partial charge in [-0.1, -0.05) is 13.8 Å². The van der Waals surface area contributed by atoms with Crippen LogP contribution >= 0.6 is 0 Å². The van der Waals surface area contributed by atoms with Gasteiger partial charge in [0, 0.05) is 43.1 Å². The van der Waals surface area contributed by atoms with E-state index in [0.717, 1.165) is 17.7 Å². The summed E-state index contributed by atoms with van der Waals surface area (Å²) in [6, 6.07) is 6.66. The van der Waals surface area contributed by atoms with Gasteiger partial charge < -0.3 is 14.6 Å². The summed E-state index contributed by atoms with van der Waals surface area (Å²) in [4.78, 5) is 22.9. The number of aromatic nitrogens is 4. The van der Waals surface area contributed by atoms with Gasteiger partial charge in [0.1, 0.15) is 23.5 Å². The number of aliphatic hydroxyl groups is 1. The van der Waals surface area contributed by atoms with Crippen LogP contribution in [0.15, 0.2) is 42.9 Å². The predicted molar refractivity (Wildman–Crippen MR) is 127 cm³/mol. The molecule has 10 heteroatoms. The van der Waals surface area contributed by atoms with Crippen molar-refractivity contribution in [2.24, 2.45) is 5.41 Å². The van der Waals surface area contributed by atoms with Gasteiger partial charge in [0.2, 0.25) is 0 Å². The molecule has 2 amide bonds. The van der Waals surface area contributed by atoms with Crippen molar-refractivity contribution in [2.75, 3.05) is 25.6 Å². The minimum atomic E-state index is -0.829. The molecule has 10 nitrogen and oxygen atoms in total. The molecular weight excluding hydrogens is 436 g/mol. The van der Waals surface area contributed by atoms with Crippen molar-refractivity contribution in [3.63, 3.8) is 0 Å². The Morgan fingerprint density at radius 3 is 2.85 bits per heavy atom. The molecule has 34 heavy (non-hydrogen) atoms. The zero-order valence-electron chi connectivity index (χ0n) is 19.9. The van der Waals surface area contributed by atoms with Crippen molar-refractivity contribution in [2.45, 2.75) is 40.0 Å². The maximum atomic E-state index is 12.6. The number of urea groups is 1. The van der Waals surface area contributed by atoms with Crippen molar-refractivity contribution < 1.29 is 19.4 Å². The van der Waals surface area contributed by atoms with Gasteiger partial charge in [-0.05, 0) is 31.5 Å². The van der Waals surface area contributed by atoms with Crippen LogP contribution in [0.1, 0.15) is 26.0 Å². The van der Waals surface area contributed by atoms with E-state index in [1.54, 1.807) is 49.3 Å². The normalized spacial score (nSPS) is 17.1. The van der Waals surface area contributed by atoms with E-state index in [4.69, 9.17) is 9.47 Å². The molecule has 1 saturated heterocycles. The molecule has 3 aromatic rings. The third-order valence-corrected chi connectivity index (χ3v) is 5.94. The highest BCUT2D eigenvalue weighted by Crippen LogP contribution is 2.35. The Hall–Kier alpha value is -3.50. The first-order chi connectivity index (χ1) is 16.3. The summed E-state index contributed by atoms with van der Waals surface area (Å²) < 4.78 is 12.9. The zero-order valence-corrected chi connectivity index (χ0v) is 19.9. The Labute approximate surface area is 198 Å². The summed E-state index contributed by atoms with van der Waals surface area (Å²) in [6.07, 6.45) is 5.25. The van der Waals surface area contributed by atoms with Crippen LogP contribution in [0.4, 0.5) is 10.6 Å². The number of nitrogens with zero attached hydrogens (tertiary/aromatic N) is 5. The lowest BCUT2D eigenvalue weighted by Gasteiger charge is -2.27. The van der Waals surface area contributed by atoms with Crippen molar-refractivity contribution in [3.05, 3.63) is 48.5 Å². The number of ether oxygens (including phenoxy) is 2. The van der Waals surface area contributed by atoms with E-state index >= 15 is 0 Å². The lowest BCUT2D eigenvalue weighted by atomic mass is 9.91. The van der Waals surface area contributed by atoms with Gasteiger partial charge in [-0.2, -0.15) is 5.10 Å². The third kappa shape index (κ3) is 5.18. The maximum absolute atomic E-state index is 12.6. The van der Waals surface area contributed by atoms with Gasteiger partial charge in [0.05, 0.1) is 30.7 Å². The molecule has 1 fully saturated rings. The molecule has 0 saturated carbocycles. The monoisotopic (exact) mass is 466 g/mol. The SMILES string of the molecule is COCCn1cc(-c2cc(Oc3ccc(NC(=O)N4CCC(C)(C)C4O)nc3C)ccn2)cn1. The molecule has 0 aliphatic carbocycles. The fourth-order valence-corrected chi connectivity index (χ4v) is 3.76. The van der Waals surface area contributed by atoms with E-state index in [1.807, 2.05) is 26.1 Å². The van der Waals surface area contributed by atoms with Crippen molar-refractivity contribution in [1.82, 2.24) is 24.6 Å². The van der Waals surface area contributed by atoms with Gasteiger partial charge in [0.25, 0.3) is 0 Å². The van der Waals surface area contributed by atoms with Crippen LogP contribution in [0, 0.1) is 12.3 Å². The summed E-state index contributed by atoms with van der Waals surface area (Å²) >= 11 is 0. The second-order valence-electron chi connectivity index (χ2n) is 8.98. The van der Waals surface area contributed by atoms with E-state index in [2.05, 4.69) is 20.4 Å². The fraction of sp³-hybridized carbons (Fsp3) is 0.417. The van der Waals surface area contributed by atoms with Crippen LogP contribution in [0.3, 0.4) is 0 Å². The number of methoxy groups -OCH3 is 1. The number of likely N-dealkylation sites (tertiary alicyclic amines) is 1. The Morgan fingerprint density at radius 1 is 1.32 bits per heavy atom. The van der Waals surface area contributed by atoms with E-state index in [9.17, 15) is 9.90 Å². The lowest BCUT2D eigenvalue weighted by Crippen LogP contribution is -2.42. The first kappa shape index (κ1) is 23.7. The highest BCUT2D eigenvalue weighted by atomic mass is 16.5. The van der Waals surface area contributed by atoms with Gasteiger partial charge in [-0.3, -0.25) is 19.9 Å². The van der Waals surface area contributed by atoms with E-state index in [1.165, 1.54) is 4.90 Å². The Balaban J connectivity index is 1.42. The van der Waals surface area contributed by atoms with Crippen LogP contribution in [0.2, 0.25) is 0 Å². The average Bonchev–Trinajstić information content (AvgIpc) is 3.39. The topological polar surface area (TPSA) is 115 Å². The van der Waals surface area contributed by atoms with Crippen LogP contribution in [-0.4, -0.2) is 62.3 Å². The van der Waals surface area contributed by atoms with E-state index in [-0.39, 0.29) is 11.4 Å². The van der Waals surface area contributed by atoms with Crippen molar-refractivity contribution in [3.8, 4) is 22.8 Å². The third-order valence-electron chi connectivity index (χ3n) is 5.94. The number of aryl methyl sites for hydroxylation is 1. The highest BCUT2D eigenvalue weighted by molar-refractivity contribution is 5.88. The molecule has 1 aliphatic rings. The minimum absolute atomic E-state index is 0.329. The zero-order chi connectivity index (χ0) is 24.3. The van der Waals surface area contributed by atoms with Crippen molar-refractivity contribution >= 4 is 11.8 Å².